The molecule has 0 spiro atoms. The highest BCUT2D eigenvalue weighted by atomic mass is 32.1. The molecule has 3 rings (SSSR count). The van der Waals surface area contributed by atoms with Gasteiger partial charge in [0, 0.05) is 5.56 Å². The van der Waals surface area contributed by atoms with E-state index in [0.717, 1.165) is 17.5 Å². The first kappa shape index (κ1) is 32.4. The molecule has 5 nitrogen and oxygen atoms in total. The Kier molecular flexibility index (Phi) is 14.3. The average molecular weight is 587 g/mol. The van der Waals surface area contributed by atoms with E-state index in [2.05, 4.69) is 36.2 Å². The quantitative estimate of drug-likeness (QED) is 0.0813. The van der Waals surface area contributed by atoms with Crippen molar-refractivity contribution in [2.45, 2.75) is 117 Å². The molecule has 3 aromatic rings. The standard InChI is InChI=1S/C33H48NO4PS/c1-4-6-7-8-9-10-11-12-13-14-15-16-18-29-21-22-33(31(5-2)23-29)38-39(35,36)37-32-20-17-19-30(24-32)26-34-25-28(3)40-27-34/h17,19-25,27H,4-16,18,26H2,1-3H3/p+1. The first-order chi connectivity index (χ1) is 19.4. The predicted molar refractivity (Wildman–Crippen MR) is 166 cm³/mol. The summed E-state index contributed by atoms with van der Waals surface area (Å²) < 4.78 is 26.0. The third-order valence-electron chi connectivity index (χ3n) is 7.24. The van der Waals surface area contributed by atoms with Gasteiger partial charge in [0.25, 0.3) is 0 Å². The Balaban J connectivity index is 1.41. The fourth-order valence-electron chi connectivity index (χ4n) is 5.04. The van der Waals surface area contributed by atoms with Crippen molar-refractivity contribution < 1.29 is 23.1 Å². The van der Waals surface area contributed by atoms with Gasteiger partial charge in [0.2, 0.25) is 5.51 Å². The number of nitrogens with zero attached hydrogens (tertiary/aromatic N) is 1. The predicted octanol–water partition coefficient (Wildman–Crippen LogP) is 9.76. The first-order valence-electron chi connectivity index (χ1n) is 15.3. The smallest absolute Gasteiger partial charge is 0.395 e. The van der Waals surface area contributed by atoms with Crippen molar-refractivity contribution in [3.8, 4) is 11.5 Å². The van der Waals surface area contributed by atoms with Crippen molar-refractivity contribution in [2.24, 2.45) is 0 Å². The van der Waals surface area contributed by atoms with E-state index in [1.54, 1.807) is 23.5 Å². The van der Waals surface area contributed by atoms with Crippen LogP contribution in [0.1, 0.15) is 112 Å². The molecule has 1 N–H and O–H groups in total. The average Bonchev–Trinajstić information content (AvgIpc) is 3.33. The molecular formula is C33H49NO4PS+. The SMILES string of the molecule is CCCCCCCCCCCCCCc1ccc(OP(=O)(O)Oc2cccc(C[n+]3csc(C)c3)c2)c(CC)c1. The van der Waals surface area contributed by atoms with Crippen LogP contribution in [0.15, 0.2) is 54.2 Å². The van der Waals surface area contributed by atoms with Gasteiger partial charge < -0.3 is 9.05 Å². The second kappa shape index (κ2) is 17.6. The Bertz CT molecular complexity index is 1190. The van der Waals surface area contributed by atoms with Gasteiger partial charge in [0.15, 0.2) is 12.7 Å². The Morgan fingerprint density at radius 2 is 1.50 bits per heavy atom. The van der Waals surface area contributed by atoms with Crippen LogP contribution in [0.5, 0.6) is 11.5 Å². The van der Waals surface area contributed by atoms with Gasteiger partial charge in [0.1, 0.15) is 11.5 Å². The van der Waals surface area contributed by atoms with E-state index in [9.17, 15) is 9.46 Å². The van der Waals surface area contributed by atoms with E-state index in [1.165, 1.54) is 87.5 Å². The Hall–Kier alpha value is -2.14. The Morgan fingerprint density at radius 3 is 2.12 bits per heavy atom. The lowest BCUT2D eigenvalue weighted by Crippen LogP contribution is -2.30. The Morgan fingerprint density at radius 1 is 0.825 bits per heavy atom. The minimum Gasteiger partial charge on any atom is -0.395 e. The molecule has 1 aromatic heterocycles. The lowest BCUT2D eigenvalue weighted by atomic mass is 10.0. The van der Waals surface area contributed by atoms with Crippen molar-refractivity contribution in [3.63, 3.8) is 0 Å². The summed E-state index contributed by atoms with van der Waals surface area (Å²) in [6, 6.07) is 13.2. The maximum Gasteiger partial charge on any atom is 0.584 e. The van der Waals surface area contributed by atoms with Crippen LogP contribution in [-0.2, 0) is 24.0 Å². The van der Waals surface area contributed by atoms with E-state index >= 15 is 0 Å². The molecule has 0 fully saturated rings. The molecule has 1 unspecified atom stereocenters. The van der Waals surface area contributed by atoms with Crippen molar-refractivity contribution in [1.82, 2.24) is 0 Å². The van der Waals surface area contributed by atoms with Gasteiger partial charge >= 0.3 is 7.82 Å². The van der Waals surface area contributed by atoms with E-state index in [-0.39, 0.29) is 0 Å². The molecule has 7 heteroatoms. The lowest BCUT2D eigenvalue weighted by Gasteiger charge is -2.17. The number of phosphoric ester groups is 1. The molecule has 0 bridgehead atoms. The van der Waals surface area contributed by atoms with Crippen molar-refractivity contribution >= 4 is 19.2 Å². The topological polar surface area (TPSA) is 59.6 Å². The second-order valence-electron chi connectivity index (χ2n) is 10.9. The van der Waals surface area contributed by atoms with Gasteiger partial charge in [-0.2, -0.15) is 4.57 Å². The van der Waals surface area contributed by atoms with E-state index in [4.69, 9.17) is 9.05 Å². The minimum atomic E-state index is -4.34. The summed E-state index contributed by atoms with van der Waals surface area (Å²) in [7, 11) is -4.34. The highest BCUT2D eigenvalue weighted by molar-refractivity contribution is 7.48. The molecule has 0 saturated carbocycles. The fourth-order valence-corrected chi connectivity index (χ4v) is 6.52. The largest absolute Gasteiger partial charge is 0.584 e. The van der Waals surface area contributed by atoms with Gasteiger partial charge in [-0.05, 0) is 55.5 Å². The first-order valence-corrected chi connectivity index (χ1v) is 17.6. The van der Waals surface area contributed by atoms with Crippen LogP contribution in [0.3, 0.4) is 0 Å². The third kappa shape index (κ3) is 12.2. The van der Waals surface area contributed by atoms with Gasteiger partial charge in [-0.1, -0.05) is 120 Å². The fraction of sp³-hybridized carbons (Fsp3) is 0.545. The molecular weight excluding hydrogens is 537 g/mol. The summed E-state index contributed by atoms with van der Waals surface area (Å²) in [5.74, 6) is 0.727. The number of phosphoric acid groups is 1. The lowest BCUT2D eigenvalue weighted by molar-refractivity contribution is -0.683. The normalized spacial score (nSPS) is 12.8. The van der Waals surface area contributed by atoms with Crippen LogP contribution < -0.4 is 13.6 Å². The zero-order chi connectivity index (χ0) is 28.6. The maximum absolute atomic E-state index is 12.9. The summed E-state index contributed by atoms with van der Waals surface area (Å²) in [6.07, 6.45) is 19.9. The maximum atomic E-state index is 12.9. The molecule has 1 atom stereocenters. The number of benzene rings is 2. The van der Waals surface area contributed by atoms with E-state index in [0.29, 0.717) is 24.5 Å². The molecule has 40 heavy (non-hydrogen) atoms. The number of unbranched alkanes of at least 4 members (excludes halogenated alkanes) is 11. The summed E-state index contributed by atoms with van der Waals surface area (Å²) in [5, 5.41) is 0. The van der Waals surface area contributed by atoms with Crippen LogP contribution in [-0.4, -0.2) is 4.89 Å². The molecule has 0 aliphatic heterocycles. The zero-order valence-electron chi connectivity index (χ0n) is 24.8. The molecule has 2 aromatic carbocycles. The van der Waals surface area contributed by atoms with Crippen LogP contribution in [0.25, 0.3) is 0 Å². The molecule has 0 saturated heterocycles. The summed E-state index contributed by atoms with van der Waals surface area (Å²) >= 11 is 1.68. The van der Waals surface area contributed by atoms with Crippen LogP contribution in [0, 0.1) is 6.92 Å². The van der Waals surface area contributed by atoms with Crippen molar-refractivity contribution in [1.29, 1.82) is 0 Å². The van der Waals surface area contributed by atoms with Gasteiger partial charge in [-0.25, -0.2) is 4.57 Å². The highest BCUT2D eigenvalue weighted by Gasteiger charge is 2.26. The second-order valence-corrected chi connectivity index (χ2v) is 13.3. The summed E-state index contributed by atoms with van der Waals surface area (Å²) in [4.78, 5) is 11.8. The minimum absolute atomic E-state index is 0.317. The monoisotopic (exact) mass is 586 g/mol. The summed E-state index contributed by atoms with van der Waals surface area (Å²) in [5.41, 5.74) is 5.21. The van der Waals surface area contributed by atoms with Gasteiger partial charge in [-0.3, -0.25) is 4.89 Å². The third-order valence-corrected chi connectivity index (χ3v) is 8.97. The van der Waals surface area contributed by atoms with Gasteiger partial charge in [0.05, 0.1) is 4.88 Å². The highest BCUT2D eigenvalue weighted by Crippen LogP contribution is 2.45. The molecule has 0 aliphatic carbocycles. The van der Waals surface area contributed by atoms with Crippen molar-refractivity contribution in [2.75, 3.05) is 0 Å². The number of thiazole rings is 1. The van der Waals surface area contributed by atoms with Gasteiger partial charge in [-0.15, -0.1) is 0 Å². The number of hydrogen-bond donors (Lipinski definition) is 1. The van der Waals surface area contributed by atoms with E-state index < -0.39 is 7.82 Å². The number of aryl methyl sites for hydroxylation is 3. The molecule has 0 aliphatic rings. The zero-order valence-corrected chi connectivity index (χ0v) is 26.5. The number of hydrogen-bond acceptors (Lipinski definition) is 4. The number of rotatable bonds is 20. The molecule has 0 radical (unpaired) electrons. The van der Waals surface area contributed by atoms with Crippen molar-refractivity contribution in [3.05, 3.63) is 75.7 Å². The Labute approximate surface area is 246 Å². The number of aromatic nitrogens is 1. The van der Waals surface area contributed by atoms with Crippen LogP contribution in [0.4, 0.5) is 0 Å². The molecule has 0 amide bonds. The summed E-state index contributed by atoms with van der Waals surface area (Å²) in [6.45, 7) is 7.04. The van der Waals surface area contributed by atoms with Crippen LogP contribution in [0.2, 0.25) is 0 Å². The van der Waals surface area contributed by atoms with Crippen LogP contribution >= 0.6 is 19.2 Å². The van der Waals surface area contributed by atoms with E-state index in [1.807, 2.05) is 31.2 Å². The molecule has 220 valence electrons. The molecule has 1 heterocycles.